The Balaban J connectivity index is 0.00000263. The molecule has 4 heterocycles. The molecule has 0 spiro atoms. The van der Waals surface area contributed by atoms with Gasteiger partial charge in [0.15, 0.2) is 0 Å². The summed E-state index contributed by atoms with van der Waals surface area (Å²) < 4.78 is 0. The molecule has 0 radical (unpaired) electrons. The van der Waals surface area contributed by atoms with Crippen LogP contribution in [0.2, 0.25) is 0 Å². The second kappa shape index (κ2) is 17.9. The van der Waals surface area contributed by atoms with Gasteiger partial charge in [0.05, 0.1) is 22.8 Å². The second-order valence-corrected chi connectivity index (χ2v) is 16.8. The van der Waals surface area contributed by atoms with Crippen LogP contribution in [0, 0.1) is 21.3 Å². The third-order valence-electron chi connectivity index (χ3n) is 13.1. The summed E-state index contributed by atoms with van der Waals surface area (Å²) in [6.45, 7) is 4.54. The molecule has 4 heteroatoms. The van der Waals surface area contributed by atoms with Crippen LogP contribution in [-0.4, -0.2) is 9.97 Å². The average molecular weight is 1040 g/mol. The van der Waals surface area contributed by atoms with Crippen LogP contribution >= 0.6 is 0 Å². The minimum Gasteiger partial charge on any atom is -0.656 e. The van der Waals surface area contributed by atoms with Gasteiger partial charge in [0.2, 0.25) is 0 Å². The van der Waals surface area contributed by atoms with Gasteiger partial charge in [-0.1, -0.05) is 218 Å². The van der Waals surface area contributed by atoms with E-state index >= 15 is 0 Å². The smallest absolute Gasteiger partial charge is 0.656 e. The molecule has 6 bridgehead atoms. The molecular weight excluding hydrogens is 994 g/mol. The number of rotatable bonds is 4. The SMILES string of the molecule is Cc1c(-c2ccccc2)c2nc(c(-c3ccccc3)c3[n-]c(c(-c4ccccc4)c4nc(c(-c5ccccc5)c(C)c5ccccc15)-c1ccccc1-4)c1ccccc31)-c1ccccc1-2.[CH3-].[Pt+2]. The summed E-state index contributed by atoms with van der Waals surface area (Å²) in [6.07, 6.45) is 0. The quantitative estimate of drug-likeness (QED) is 0.165. The molecule has 322 valence electrons. The number of hydrogen-bond acceptors (Lipinski definition) is 2. The number of hydrogen-bond donors (Lipinski definition) is 0. The van der Waals surface area contributed by atoms with E-state index in [9.17, 15) is 0 Å². The Hall–Kier alpha value is -7.71. The molecule has 0 unspecified atom stereocenters. The molecule has 0 fully saturated rings. The Morgan fingerprint density at radius 1 is 0.284 bits per heavy atom. The van der Waals surface area contributed by atoms with E-state index in [0.29, 0.717) is 0 Å². The zero-order valence-electron chi connectivity index (χ0n) is 37.4. The first kappa shape index (κ1) is 43.2. The molecule has 2 aromatic heterocycles. The van der Waals surface area contributed by atoms with Crippen molar-refractivity contribution < 1.29 is 21.1 Å². The number of fused-ring (bicyclic) bond motifs is 16. The van der Waals surface area contributed by atoms with Gasteiger partial charge in [0.1, 0.15) is 0 Å². The number of nitrogens with zero attached hydrogens (tertiary/aromatic N) is 3. The second-order valence-electron chi connectivity index (χ2n) is 16.8. The van der Waals surface area contributed by atoms with Gasteiger partial charge in [0, 0.05) is 33.4 Å². The van der Waals surface area contributed by atoms with Gasteiger partial charge in [-0.05, 0) is 79.9 Å². The van der Waals surface area contributed by atoms with Crippen LogP contribution in [0.3, 0.4) is 0 Å². The molecule has 67 heavy (non-hydrogen) atoms. The van der Waals surface area contributed by atoms with Crippen LogP contribution < -0.4 is 4.98 Å². The van der Waals surface area contributed by atoms with E-state index in [4.69, 9.17) is 15.0 Å². The molecular formula is C63H45N3Pt. The Kier molecular flexibility index (Phi) is 11.6. The van der Waals surface area contributed by atoms with Gasteiger partial charge < -0.3 is 12.4 Å². The van der Waals surface area contributed by atoms with Gasteiger partial charge in [-0.3, -0.25) is 0 Å². The minimum atomic E-state index is 0. The molecule has 0 atom stereocenters. The fraction of sp³-hybridized carbons (Fsp3) is 0.0317. The van der Waals surface area contributed by atoms with Crippen LogP contribution in [0.15, 0.2) is 218 Å². The molecule has 10 aromatic rings. The van der Waals surface area contributed by atoms with Gasteiger partial charge in [-0.15, -0.1) is 11.0 Å². The molecule has 2 aliphatic heterocycles. The van der Waals surface area contributed by atoms with Crippen molar-refractivity contribution in [3.63, 3.8) is 0 Å². The summed E-state index contributed by atoms with van der Waals surface area (Å²) in [5.74, 6) is 0. The number of aromatic nitrogens is 3. The monoisotopic (exact) mass is 1040 g/mol. The van der Waals surface area contributed by atoms with E-state index in [-0.39, 0.29) is 28.5 Å². The van der Waals surface area contributed by atoms with Gasteiger partial charge >= 0.3 is 21.1 Å². The average Bonchev–Trinajstić information content (AvgIpc) is 4.06. The normalized spacial score (nSPS) is 11.2. The van der Waals surface area contributed by atoms with Crippen molar-refractivity contribution in [3.05, 3.63) is 237 Å². The van der Waals surface area contributed by atoms with E-state index in [1.54, 1.807) is 0 Å². The third kappa shape index (κ3) is 7.19. The van der Waals surface area contributed by atoms with Crippen LogP contribution in [0.25, 0.3) is 122 Å². The molecule has 2 aliphatic rings. The van der Waals surface area contributed by atoms with Gasteiger partial charge in [0.25, 0.3) is 0 Å². The molecule has 0 saturated carbocycles. The zero-order valence-corrected chi connectivity index (χ0v) is 39.7. The number of aryl methyl sites for hydroxylation is 2. The number of benzene rings is 8. The molecule has 0 saturated heterocycles. The van der Waals surface area contributed by atoms with E-state index in [0.717, 1.165) is 133 Å². The summed E-state index contributed by atoms with van der Waals surface area (Å²) in [4.78, 5) is 17.6. The van der Waals surface area contributed by atoms with Crippen molar-refractivity contribution in [2.45, 2.75) is 13.8 Å². The predicted octanol–water partition coefficient (Wildman–Crippen LogP) is 16.7. The maximum atomic E-state index is 5.87. The summed E-state index contributed by atoms with van der Waals surface area (Å²) >= 11 is 0. The summed E-state index contributed by atoms with van der Waals surface area (Å²) in [5.41, 5.74) is 20.5. The van der Waals surface area contributed by atoms with Crippen LogP contribution in [0.1, 0.15) is 11.1 Å². The van der Waals surface area contributed by atoms with E-state index in [2.05, 4.69) is 232 Å². The maximum Gasteiger partial charge on any atom is 2.00 e. The minimum absolute atomic E-state index is 0. The van der Waals surface area contributed by atoms with Crippen LogP contribution in [0.4, 0.5) is 0 Å². The molecule has 12 rings (SSSR count). The summed E-state index contributed by atoms with van der Waals surface area (Å²) in [5, 5.41) is 4.40. The van der Waals surface area contributed by atoms with E-state index in [1.807, 2.05) is 0 Å². The Labute approximate surface area is 406 Å². The van der Waals surface area contributed by atoms with Crippen molar-refractivity contribution in [1.82, 2.24) is 15.0 Å². The van der Waals surface area contributed by atoms with Crippen molar-refractivity contribution in [2.75, 3.05) is 0 Å². The van der Waals surface area contributed by atoms with Gasteiger partial charge in [-0.2, -0.15) is 0 Å². The van der Waals surface area contributed by atoms with E-state index < -0.39 is 0 Å². The maximum absolute atomic E-state index is 5.87. The topological polar surface area (TPSA) is 39.9 Å². The van der Waals surface area contributed by atoms with Crippen LogP contribution in [0.5, 0.6) is 0 Å². The standard InChI is InChI=1S/C62H42N3.CH3.Pt/c1-39-45-31-15-16-32-46(45)40(2)54(42-25-9-4-10-26-42)58-48-34-18-20-36-50(48)60(64-58)56(44-29-13-6-14-30-44)62-52-38-22-21-37-51(52)61(65-62)55(43-27-11-5-12-28-43)59-49-35-19-17-33-47(49)57(63-59)53(39)41-23-7-3-8-24-41;;/h3-38H,1-2H3;1H3;/q2*-1;+2. The Morgan fingerprint density at radius 3 is 0.836 bits per heavy atom. The molecule has 0 N–H and O–H groups in total. The summed E-state index contributed by atoms with van der Waals surface area (Å²) in [6, 6.07) is 77.9. The third-order valence-corrected chi connectivity index (χ3v) is 13.1. The summed E-state index contributed by atoms with van der Waals surface area (Å²) in [7, 11) is 0. The largest absolute Gasteiger partial charge is 2.00 e. The predicted molar refractivity (Wildman–Crippen MR) is 278 cm³/mol. The molecule has 0 aliphatic carbocycles. The first-order valence-electron chi connectivity index (χ1n) is 22.3. The van der Waals surface area contributed by atoms with Crippen molar-refractivity contribution in [1.29, 1.82) is 0 Å². The fourth-order valence-electron chi connectivity index (χ4n) is 10.2. The van der Waals surface area contributed by atoms with Crippen LogP contribution in [-0.2, 0) is 21.1 Å². The zero-order chi connectivity index (χ0) is 43.4. The van der Waals surface area contributed by atoms with E-state index in [1.165, 1.54) is 0 Å². The first-order chi connectivity index (χ1) is 32.1. The fourth-order valence-corrected chi connectivity index (χ4v) is 10.2. The molecule has 0 amide bonds. The van der Waals surface area contributed by atoms with Crippen molar-refractivity contribution in [3.8, 4) is 89.5 Å². The molecule has 3 nitrogen and oxygen atoms in total. The first-order valence-corrected chi connectivity index (χ1v) is 22.3. The molecule has 8 aromatic carbocycles. The van der Waals surface area contributed by atoms with Crippen molar-refractivity contribution >= 4 is 32.6 Å². The Morgan fingerprint density at radius 2 is 0.522 bits per heavy atom. The van der Waals surface area contributed by atoms with Gasteiger partial charge in [-0.25, -0.2) is 9.97 Å². The van der Waals surface area contributed by atoms with Crippen molar-refractivity contribution in [2.24, 2.45) is 0 Å². The Bertz CT molecular complexity index is 3470.